The van der Waals surface area contributed by atoms with Gasteiger partial charge in [-0.25, -0.2) is 4.98 Å². The number of unbranched alkanes of at least 4 members (excludes halogenated alkanes) is 8. The molecule has 2 aromatic carbocycles. The fourth-order valence-corrected chi connectivity index (χ4v) is 12.6. The van der Waals surface area contributed by atoms with Gasteiger partial charge in [-0.15, -0.1) is 6.42 Å². The van der Waals surface area contributed by atoms with Gasteiger partial charge in [0.15, 0.2) is 22.6 Å². The average Bonchev–Trinajstić information content (AvgIpc) is 3.76. The number of aromatic nitrogens is 4. The molecule has 1 fully saturated rings. The molecule has 55 heavy (non-hydrogen) atoms. The second-order valence-electron chi connectivity index (χ2n) is 16.0. The van der Waals surface area contributed by atoms with Crippen LogP contribution in [0.1, 0.15) is 124 Å². The van der Waals surface area contributed by atoms with Gasteiger partial charge in [0, 0.05) is 6.42 Å². The fraction of sp³-hybridized carbons (Fsp3) is 0.545. The van der Waals surface area contributed by atoms with Crippen molar-refractivity contribution < 1.29 is 23.1 Å². The maximum Gasteiger partial charge on any atom is 0.312 e. The van der Waals surface area contributed by atoms with Crippen molar-refractivity contribution in [3.8, 4) is 12.3 Å². The van der Waals surface area contributed by atoms with Crippen LogP contribution < -0.4 is 16.1 Å². The number of esters is 1. The van der Waals surface area contributed by atoms with Crippen molar-refractivity contribution in [2.45, 2.75) is 141 Å². The van der Waals surface area contributed by atoms with Gasteiger partial charge in [-0.3, -0.25) is 9.36 Å². The molecule has 1 unspecified atom stereocenters. The highest BCUT2D eigenvalue weighted by Crippen LogP contribution is 2.43. The highest BCUT2D eigenvalue weighted by atomic mass is 28.4. The molecule has 1 saturated heterocycles. The number of ether oxygens (including phenoxy) is 2. The third-order valence-electron chi connectivity index (χ3n) is 11.1. The smallest absolute Gasteiger partial charge is 0.312 e. The first kappa shape index (κ1) is 42.0. The number of nitrogen functional groups attached to an aromatic ring is 1. The van der Waals surface area contributed by atoms with E-state index in [9.17, 15) is 9.18 Å². The molecule has 0 bridgehead atoms. The monoisotopic (exact) mass is 769 g/mol. The molecule has 9 nitrogen and oxygen atoms in total. The van der Waals surface area contributed by atoms with Crippen LogP contribution in [0, 0.1) is 24.3 Å². The van der Waals surface area contributed by atoms with E-state index in [4.69, 9.17) is 26.1 Å². The summed E-state index contributed by atoms with van der Waals surface area (Å²) < 4.78 is 36.9. The fourth-order valence-electron chi connectivity index (χ4n) is 8.05. The van der Waals surface area contributed by atoms with E-state index >= 15 is 0 Å². The summed E-state index contributed by atoms with van der Waals surface area (Å²) in [5.41, 5.74) is 4.94. The molecule has 1 aliphatic rings. The maximum absolute atomic E-state index is 14.5. The zero-order valence-electron chi connectivity index (χ0n) is 33.4. The minimum Gasteiger partial charge on any atom is -0.458 e. The van der Waals surface area contributed by atoms with Gasteiger partial charge in [-0.1, -0.05) is 165 Å². The molecule has 3 heterocycles. The van der Waals surface area contributed by atoms with E-state index in [0.717, 1.165) is 68.2 Å². The van der Waals surface area contributed by atoms with Crippen molar-refractivity contribution in [1.82, 2.24) is 19.5 Å². The Kier molecular flexibility index (Phi) is 14.6. The molecule has 1 aliphatic heterocycles. The Hall–Kier alpha value is -4.11. The van der Waals surface area contributed by atoms with Gasteiger partial charge >= 0.3 is 12.0 Å². The first-order chi connectivity index (χ1) is 26.5. The third kappa shape index (κ3) is 9.65. The summed E-state index contributed by atoms with van der Waals surface area (Å²) in [5.74, 6) is 2.32. The number of carbonyl (C=O) groups is 1. The molecule has 5 rings (SSSR count). The topological polar surface area (TPSA) is 114 Å². The number of nitrogens with two attached hydrogens (primary N) is 1. The van der Waals surface area contributed by atoms with Crippen molar-refractivity contribution in [1.29, 1.82) is 0 Å². The summed E-state index contributed by atoms with van der Waals surface area (Å²) in [4.78, 5) is 26.4. The summed E-state index contributed by atoms with van der Waals surface area (Å²) >= 11 is 0. The predicted molar refractivity (Wildman–Crippen MR) is 220 cm³/mol. The van der Waals surface area contributed by atoms with E-state index in [1.165, 1.54) is 25.6 Å². The van der Waals surface area contributed by atoms with Crippen LogP contribution in [0.15, 0.2) is 67.0 Å². The molecule has 2 N–H and O–H groups in total. The molecule has 0 aliphatic carbocycles. The summed E-state index contributed by atoms with van der Waals surface area (Å²) in [6, 6.07) is 20.6. The quantitative estimate of drug-likeness (QED) is 0.0313. The number of carbonyl (C=O) groups excluding carboxylic acids is 1. The first-order valence-electron chi connectivity index (χ1n) is 20.3. The second-order valence-corrected chi connectivity index (χ2v) is 20.3. The van der Waals surface area contributed by atoms with Gasteiger partial charge in [0.25, 0.3) is 8.32 Å². The van der Waals surface area contributed by atoms with Crippen molar-refractivity contribution in [2.24, 2.45) is 5.92 Å². The van der Waals surface area contributed by atoms with Crippen LogP contribution in [-0.2, 0) is 18.7 Å². The summed E-state index contributed by atoms with van der Waals surface area (Å²) in [7, 11) is -3.10. The van der Waals surface area contributed by atoms with Crippen LogP contribution >= 0.6 is 0 Å². The van der Waals surface area contributed by atoms with E-state index in [1.807, 2.05) is 36.4 Å². The van der Waals surface area contributed by atoms with Crippen LogP contribution in [0.2, 0.25) is 5.04 Å². The van der Waals surface area contributed by atoms with Gasteiger partial charge < -0.3 is 19.6 Å². The van der Waals surface area contributed by atoms with Crippen molar-refractivity contribution >= 4 is 41.6 Å². The molecule has 296 valence electrons. The van der Waals surface area contributed by atoms with Crippen LogP contribution in [0.25, 0.3) is 11.2 Å². The van der Waals surface area contributed by atoms with E-state index in [-0.39, 0.29) is 46.9 Å². The lowest BCUT2D eigenvalue weighted by Gasteiger charge is -2.44. The van der Waals surface area contributed by atoms with Crippen LogP contribution in [0.4, 0.5) is 10.2 Å². The van der Waals surface area contributed by atoms with Gasteiger partial charge in [0.1, 0.15) is 12.3 Å². The van der Waals surface area contributed by atoms with E-state index in [2.05, 4.69) is 79.8 Å². The summed E-state index contributed by atoms with van der Waals surface area (Å²) in [5, 5.41) is 1.82. The number of anilines is 1. The Labute approximate surface area is 328 Å². The SMILES string of the molecule is C#C[C@]1(CO[Si](c2ccccc2)(c2ccccc2)C(C)(C)C)O[C@@H](n2cnc3c(N)nc(F)nc32)C[C@@H]1OC(=O)C(CCCCCC)CCCCCCCC. The lowest BCUT2D eigenvalue weighted by atomic mass is 9.93. The van der Waals surface area contributed by atoms with Gasteiger partial charge in [0.05, 0.1) is 18.9 Å². The normalized spacial score (nSPS) is 19.4. The molecule has 0 amide bonds. The molecule has 4 atom stereocenters. The largest absolute Gasteiger partial charge is 0.458 e. The van der Waals surface area contributed by atoms with E-state index in [0.29, 0.717) is 0 Å². The molecular weight excluding hydrogens is 710 g/mol. The molecule has 2 aromatic heterocycles. The van der Waals surface area contributed by atoms with Gasteiger partial charge in [-0.05, 0) is 28.3 Å². The maximum atomic E-state index is 14.5. The number of hydrogen-bond donors (Lipinski definition) is 1. The number of rotatable bonds is 20. The van der Waals surface area contributed by atoms with Crippen molar-refractivity contribution in [3.63, 3.8) is 0 Å². The highest BCUT2D eigenvalue weighted by molar-refractivity contribution is 6.99. The number of imidazole rings is 1. The second kappa shape index (κ2) is 19.2. The molecule has 0 spiro atoms. The lowest BCUT2D eigenvalue weighted by molar-refractivity contribution is -0.163. The van der Waals surface area contributed by atoms with Crippen LogP contribution in [0.3, 0.4) is 0 Å². The number of hydrogen-bond acceptors (Lipinski definition) is 8. The Morgan fingerprint density at radius 3 is 2.09 bits per heavy atom. The number of nitrogens with zero attached hydrogens (tertiary/aromatic N) is 4. The predicted octanol–water partition coefficient (Wildman–Crippen LogP) is 8.66. The van der Waals surface area contributed by atoms with Crippen molar-refractivity contribution in [3.05, 3.63) is 73.1 Å². The minimum absolute atomic E-state index is 0.0536. The summed E-state index contributed by atoms with van der Waals surface area (Å²) in [6.45, 7) is 10.9. The highest BCUT2D eigenvalue weighted by Gasteiger charge is 2.56. The van der Waals surface area contributed by atoms with Crippen LogP contribution in [0.5, 0.6) is 0 Å². The molecule has 0 saturated carbocycles. The zero-order valence-corrected chi connectivity index (χ0v) is 34.4. The average molecular weight is 770 g/mol. The van der Waals surface area contributed by atoms with E-state index in [1.54, 1.807) is 4.57 Å². The lowest BCUT2D eigenvalue weighted by Crippen LogP contribution is -2.68. The Bertz CT molecular complexity index is 1820. The van der Waals surface area contributed by atoms with Crippen LogP contribution in [-0.4, -0.2) is 52.1 Å². The number of fused-ring (bicyclic) bond motifs is 1. The number of terminal acetylenes is 1. The third-order valence-corrected chi connectivity index (χ3v) is 16.1. The number of benzene rings is 2. The Morgan fingerprint density at radius 1 is 0.964 bits per heavy atom. The van der Waals surface area contributed by atoms with Gasteiger partial charge in [-0.2, -0.15) is 14.4 Å². The Balaban J connectivity index is 1.51. The summed E-state index contributed by atoms with van der Waals surface area (Å²) in [6.07, 6.45) is 18.1. The zero-order chi connectivity index (χ0) is 39.5. The first-order valence-corrected chi connectivity index (χ1v) is 22.2. The molecule has 4 aromatic rings. The van der Waals surface area contributed by atoms with Gasteiger partial charge in [0.2, 0.25) is 0 Å². The molecule has 11 heteroatoms. The standard InChI is InChI=1S/C44H60FN5O4Si/c1-7-10-12-14-15-19-25-33(24-18-13-11-8-2)41(51)53-36-30-37(50-32-47-38-39(46)48-42(45)49-40(38)50)54-44(36,9-3)31-52-55(43(4,5)6,34-26-20-16-21-27-34)35-28-22-17-23-29-35/h3,16-17,20-23,26-29,32-33,36-37H,7-8,10-15,18-19,24-25,30-31H2,1-2,4-6H3,(H2,46,48,49)/t33?,36-,37+,44+/m0/s1. The number of halogens is 1. The van der Waals surface area contributed by atoms with Crippen molar-refractivity contribution in [2.75, 3.05) is 12.3 Å². The molecular formula is C44H60FN5O4Si. The molecule has 0 radical (unpaired) electrons. The Morgan fingerprint density at radius 2 is 1.53 bits per heavy atom. The minimum atomic E-state index is -3.10. The van der Waals surface area contributed by atoms with E-state index < -0.39 is 32.3 Å².